The molecule has 1 aromatic rings. The van der Waals surface area contributed by atoms with E-state index in [-0.39, 0.29) is 17.9 Å². The van der Waals surface area contributed by atoms with Crippen molar-refractivity contribution >= 4 is 11.8 Å². The Bertz CT molecular complexity index is 427. The summed E-state index contributed by atoms with van der Waals surface area (Å²) in [5.74, 6) is 4.65. The Morgan fingerprint density at radius 3 is 2.78 bits per heavy atom. The number of carbonyl (C=O) groups is 2. The fourth-order valence-electron chi connectivity index (χ4n) is 1.47. The molecule has 18 heavy (non-hydrogen) atoms. The highest BCUT2D eigenvalue weighted by molar-refractivity contribution is 5.91. The molecule has 1 aromatic heterocycles. The molecule has 0 radical (unpaired) electrons. The molecule has 2 amide bonds. The lowest BCUT2D eigenvalue weighted by atomic mass is 10.2. The van der Waals surface area contributed by atoms with Crippen molar-refractivity contribution in [2.24, 2.45) is 5.84 Å². The second-order valence-electron chi connectivity index (χ2n) is 4.34. The van der Waals surface area contributed by atoms with Crippen LogP contribution in [0.1, 0.15) is 36.3 Å². The van der Waals surface area contributed by atoms with E-state index < -0.39 is 0 Å². The van der Waals surface area contributed by atoms with E-state index in [9.17, 15) is 9.59 Å². The van der Waals surface area contributed by atoms with E-state index in [1.165, 1.54) is 4.90 Å². The summed E-state index contributed by atoms with van der Waals surface area (Å²) in [6.45, 7) is 1.93. The second kappa shape index (κ2) is 6.15. The number of carbonyl (C=O) groups excluding carboxylic acids is 2. The van der Waals surface area contributed by atoms with Gasteiger partial charge in [0, 0.05) is 32.8 Å². The highest BCUT2D eigenvalue weighted by Gasteiger charge is 2.14. The number of hydrogen-bond acceptors (Lipinski definition) is 4. The van der Waals surface area contributed by atoms with Crippen LogP contribution in [0.2, 0.25) is 0 Å². The van der Waals surface area contributed by atoms with Gasteiger partial charge in [-0.05, 0) is 19.4 Å². The lowest BCUT2D eigenvalue weighted by Gasteiger charge is -2.11. The largest absolute Gasteiger partial charge is 0.343 e. The van der Waals surface area contributed by atoms with Gasteiger partial charge in [0.05, 0.1) is 0 Å². The first-order valence-corrected chi connectivity index (χ1v) is 5.72. The van der Waals surface area contributed by atoms with Gasteiger partial charge in [-0.15, -0.1) is 0 Å². The van der Waals surface area contributed by atoms with Crippen LogP contribution in [0, 0.1) is 0 Å². The zero-order chi connectivity index (χ0) is 13.7. The molecule has 0 aliphatic carbocycles. The van der Waals surface area contributed by atoms with Crippen LogP contribution < -0.4 is 11.3 Å². The van der Waals surface area contributed by atoms with E-state index in [0.717, 1.165) is 0 Å². The first kappa shape index (κ1) is 14.2. The summed E-state index contributed by atoms with van der Waals surface area (Å²) in [6.07, 6.45) is 2.68. The average molecular weight is 253 g/mol. The third kappa shape index (κ3) is 3.56. The molecule has 0 spiro atoms. The van der Waals surface area contributed by atoms with Crippen molar-refractivity contribution < 1.29 is 9.59 Å². The lowest BCUT2D eigenvalue weighted by molar-refractivity contribution is -0.121. The average Bonchev–Trinajstić information content (AvgIpc) is 2.83. The Kier molecular flexibility index (Phi) is 4.85. The number of hydrazine groups is 1. The standard InChI is InChI=1S/C11H19N5O2/c1-8(4-5-10(17)13-12)16-7-6-9(14-16)11(18)15(2)3/h6-8H,4-5,12H2,1-3H3,(H,13,17). The third-order valence-corrected chi connectivity index (χ3v) is 2.64. The van der Waals surface area contributed by atoms with Crippen molar-refractivity contribution in [1.29, 1.82) is 0 Å². The highest BCUT2D eigenvalue weighted by atomic mass is 16.2. The fourth-order valence-corrected chi connectivity index (χ4v) is 1.47. The number of amides is 2. The summed E-state index contributed by atoms with van der Waals surface area (Å²) in [6, 6.07) is 1.70. The molecule has 7 nitrogen and oxygen atoms in total. The number of rotatable bonds is 5. The minimum Gasteiger partial charge on any atom is -0.343 e. The van der Waals surface area contributed by atoms with Gasteiger partial charge in [0.2, 0.25) is 5.91 Å². The van der Waals surface area contributed by atoms with E-state index >= 15 is 0 Å². The summed E-state index contributed by atoms with van der Waals surface area (Å²) >= 11 is 0. The van der Waals surface area contributed by atoms with Crippen molar-refractivity contribution in [2.45, 2.75) is 25.8 Å². The van der Waals surface area contributed by atoms with Crippen LogP contribution in [-0.4, -0.2) is 40.6 Å². The molecule has 0 saturated heterocycles. The number of nitrogens with two attached hydrogens (primary N) is 1. The van der Waals surface area contributed by atoms with Crippen molar-refractivity contribution in [3.63, 3.8) is 0 Å². The van der Waals surface area contributed by atoms with Crippen LogP contribution in [-0.2, 0) is 4.79 Å². The van der Waals surface area contributed by atoms with Gasteiger partial charge < -0.3 is 4.90 Å². The number of hydrogen-bond donors (Lipinski definition) is 2. The van der Waals surface area contributed by atoms with Gasteiger partial charge >= 0.3 is 0 Å². The molecular weight excluding hydrogens is 234 g/mol. The van der Waals surface area contributed by atoms with E-state index in [1.54, 1.807) is 31.0 Å². The quantitative estimate of drug-likeness (QED) is 0.436. The van der Waals surface area contributed by atoms with Gasteiger partial charge in [-0.3, -0.25) is 19.7 Å². The molecule has 1 heterocycles. The molecule has 0 fully saturated rings. The topological polar surface area (TPSA) is 93.2 Å². The van der Waals surface area contributed by atoms with Crippen LogP contribution in [0.25, 0.3) is 0 Å². The predicted octanol–water partition coefficient (Wildman–Crippen LogP) is -0.0840. The monoisotopic (exact) mass is 253 g/mol. The molecule has 1 rings (SSSR count). The Morgan fingerprint density at radius 1 is 1.56 bits per heavy atom. The summed E-state index contributed by atoms with van der Waals surface area (Å²) in [7, 11) is 3.35. The first-order valence-electron chi connectivity index (χ1n) is 5.72. The first-order chi connectivity index (χ1) is 8.45. The van der Waals surface area contributed by atoms with Crippen LogP contribution in [0.5, 0.6) is 0 Å². The Labute approximate surface area is 106 Å². The zero-order valence-electron chi connectivity index (χ0n) is 10.9. The molecule has 0 aliphatic heterocycles. The molecule has 0 aromatic carbocycles. The van der Waals surface area contributed by atoms with Gasteiger partial charge in [0.15, 0.2) is 0 Å². The minimum atomic E-state index is -0.210. The van der Waals surface area contributed by atoms with Gasteiger partial charge in [0.25, 0.3) is 5.91 Å². The van der Waals surface area contributed by atoms with Gasteiger partial charge in [-0.1, -0.05) is 0 Å². The fraction of sp³-hybridized carbons (Fsp3) is 0.545. The molecule has 100 valence electrons. The molecule has 0 saturated carbocycles. The minimum absolute atomic E-state index is 0.0333. The maximum absolute atomic E-state index is 11.7. The van der Waals surface area contributed by atoms with Gasteiger partial charge in [-0.2, -0.15) is 5.10 Å². The maximum Gasteiger partial charge on any atom is 0.273 e. The predicted molar refractivity (Wildman–Crippen MR) is 66.5 cm³/mol. The number of nitrogens with one attached hydrogen (secondary N) is 1. The SMILES string of the molecule is CC(CCC(=O)NN)n1ccc(C(=O)N(C)C)n1. The van der Waals surface area contributed by atoms with Gasteiger partial charge in [0.1, 0.15) is 5.69 Å². The second-order valence-corrected chi connectivity index (χ2v) is 4.34. The molecule has 3 N–H and O–H groups in total. The van der Waals surface area contributed by atoms with E-state index in [4.69, 9.17) is 5.84 Å². The summed E-state index contributed by atoms with van der Waals surface area (Å²) in [5, 5.41) is 4.20. The molecule has 0 bridgehead atoms. The summed E-state index contributed by atoms with van der Waals surface area (Å²) < 4.78 is 1.68. The van der Waals surface area contributed by atoms with Gasteiger partial charge in [-0.25, -0.2) is 5.84 Å². The molecule has 1 unspecified atom stereocenters. The summed E-state index contributed by atoms with van der Waals surface area (Å²) in [4.78, 5) is 24.2. The smallest absolute Gasteiger partial charge is 0.273 e. The highest BCUT2D eigenvalue weighted by Crippen LogP contribution is 2.12. The Balaban J connectivity index is 2.62. The van der Waals surface area contributed by atoms with Crippen molar-refractivity contribution in [3.8, 4) is 0 Å². The van der Waals surface area contributed by atoms with E-state index in [2.05, 4.69) is 10.5 Å². The van der Waals surface area contributed by atoms with Crippen LogP contribution in [0.15, 0.2) is 12.3 Å². The Hall–Kier alpha value is -1.89. The number of nitrogens with zero attached hydrogens (tertiary/aromatic N) is 3. The summed E-state index contributed by atoms with van der Waals surface area (Å²) in [5.41, 5.74) is 2.48. The Morgan fingerprint density at radius 2 is 2.22 bits per heavy atom. The van der Waals surface area contributed by atoms with Crippen LogP contribution in [0.4, 0.5) is 0 Å². The van der Waals surface area contributed by atoms with Crippen molar-refractivity contribution in [3.05, 3.63) is 18.0 Å². The lowest BCUT2D eigenvalue weighted by Crippen LogP contribution is -2.30. The normalized spacial score (nSPS) is 12.0. The zero-order valence-corrected chi connectivity index (χ0v) is 10.9. The maximum atomic E-state index is 11.7. The van der Waals surface area contributed by atoms with Crippen LogP contribution >= 0.6 is 0 Å². The molecular formula is C11H19N5O2. The molecule has 0 aliphatic rings. The molecule has 7 heteroatoms. The van der Waals surface area contributed by atoms with Crippen molar-refractivity contribution in [2.75, 3.05) is 14.1 Å². The van der Waals surface area contributed by atoms with Crippen molar-refractivity contribution in [1.82, 2.24) is 20.1 Å². The van der Waals surface area contributed by atoms with E-state index in [0.29, 0.717) is 18.5 Å². The van der Waals surface area contributed by atoms with Crippen LogP contribution in [0.3, 0.4) is 0 Å². The third-order valence-electron chi connectivity index (χ3n) is 2.64. The molecule has 1 atom stereocenters. The van der Waals surface area contributed by atoms with E-state index in [1.807, 2.05) is 6.92 Å². The number of aromatic nitrogens is 2.